The quantitative estimate of drug-likeness (QED) is 0.442. The molecule has 2 aromatic carbocycles. The fourth-order valence-electron chi connectivity index (χ4n) is 2.78. The highest BCUT2D eigenvalue weighted by atomic mass is 35.5. The number of ether oxygens (including phenoxy) is 2. The summed E-state index contributed by atoms with van der Waals surface area (Å²) in [4.78, 5) is 17.7. The molecule has 0 atom stereocenters. The van der Waals surface area contributed by atoms with Gasteiger partial charge in [0.15, 0.2) is 17.3 Å². The zero-order valence-corrected chi connectivity index (χ0v) is 17.0. The molecule has 0 radical (unpaired) electrons. The van der Waals surface area contributed by atoms with Crippen molar-refractivity contribution in [2.24, 2.45) is 0 Å². The molecule has 4 rings (SSSR count). The maximum Gasteiger partial charge on any atom is 0.291 e. The second kappa shape index (κ2) is 8.06. The molecule has 2 aromatic heterocycles. The number of hydrogen-bond donors (Lipinski definition) is 0. The van der Waals surface area contributed by atoms with Gasteiger partial charge in [-0.3, -0.25) is 4.79 Å². The largest absolute Gasteiger partial charge is 0.493 e. The van der Waals surface area contributed by atoms with Crippen LogP contribution in [0, 0.1) is 0 Å². The average Bonchev–Trinajstić information content (AvgIpc) is 3.26. The minimum absolute atomic E-state index is 0.225. The van der Waals surface area contributed by atoms with E-state index in [1.807, 2.05) is 24.3 Å². The Kier molecular flexibility index (Phi) is 5.33. The van der Waals surface area contributed by atoms with Gasteiger partial charge < -0.3 is 9.47 Å². The van der Waals surface area contributed by atoms with Gasteiger partial charge in [-0.1, -0.05) is 53.8 Å². The Morgan fingerprint density at radius 3 is 2.83 bits per heavy atom. The van der Waals surface area contributed by atoms with Crippen molar-refractivity contribution in [3.8, 4) is 22.9 Å². The number of rotatable bonds is 6. The molecule has 0 aliphatic carbocycles. The molecule has 0 spiro atoms. The van der Waals surface area contributed by atoms with E-state index in [0.29, 0.717) is 38.4 Å². The number of halogens is 1. The number of nitrogens with zero attached hydrogens (tertiary/aromatic N) is 3. The van der Waals surface area contributed by atoms with E-state index in [1.165, 1.54) is 15.9 Å². The van der Waals surface area contributed by atoms with Crippen molar-refractivity contribution < 1.29 is 9.47 Å². The number of methoxy groups -OCH3 is 1. The molecule has 0 fully saturated rings. The molecule has 0 unspecified atom stereocenters. The minimum Gasteiger partial charge on any atom is -0.493 e. The van der Waals surface area contributed by atoms with Gasteiger partial charge in [0.2, 0.25) is 4.96 Å². The van der Waals surface area contributed by atoms with Gasteiger partial charge in [0.05, 0.1) is 11.6 Å². The molecular weight excluding hydrogens is 410 g/mol. The number of thiazole rings is 1. The van der Waals surface area contributed by atoms with E-state index < -0.39 is 0 Å². The van der Waals surface area contributed by atoms with E-state index in [9.17, 15) is 4.79 Å². The van der Waals surface area contributed by atoms with E-state index in [0.717, 1.165) is 11.1 Å². The fourth-order valence-corrected chi connectivity index (χ4v) is 3.87. The van der Waals surface area contributed by atoms with Crippen LogP contribution in [-0.4, -0.2) is 28.3 Å². The van der Waals surface area contributed by atoms with Crippen LogP contribution >= 0.6 is 22.9 Å². The summed E-state index contributed by atoms with van der Waals surface area (Å²) < 4.78 is 12.8. The van der Waals surface area contributed by atoms with Crippen LogP contribution in [-0.2, 0) is 0 Å². The third-order valence-corrected chi connectivity index (χ3v) is 5.30. The van der Waals surface area contributed by atoms with Gasteiger partial charge in [-0.2, -0.15) is 9.50 Å². The Morgan fingerprint density at radius 2 is 2.10 bits per heavy atom. The van der Waals surface area contributed by atoms with Crippen LogP contribution in [0.1, 0.15) is 5.56 Å². The van der Waals surface area contributed by atoms with Crippen LogP contribution in [0.4, 0.5) is 0 Å². The molecule has 8 heteroatoms. The first-order valence-electron chi connectivity index (χ1n) is 8.68. The molecule has 0 amide bonds. The molecule has 0 bridgehead atoms. The molecule has 0 saturated heterocycles. The summed E-state index contributed by atoms with van der Waals surface area (Å²) in [5, 5.41) is 4.93. The molecule has 0 N–H and O–H groups in total. The summed E-state index contributed by atoms with van der Waals surface area (Å²) in [6.45, 7) is 4.02. The molecular formula is C21H16ClN3O3S. The van der Waals surface area contributed by atoms with Crippen molar-refractivity contribution in [3.05, 3.63) is 80.6 Å². The third kappa shape index (κ3) is 3.87. The van der Waals surface area contributed by atoms with Crippen LogP contribution < -0.4 is 19.6 Å². The molecule has 0 aliphatic rings. The highest BCUT2D eigenvalue weighted by Crippen LogP contribution is 2.28. The Hall–Kier alpha value is -3.16. The smallest absolute Gasteiger partial charge is 0.291 e. The Bertz CT molecular complexity index is 1310. The zero-order chi connectivity index (χ0) is 20.4. The zero-order valence-electron chi connectivity index (χ0n) is 15.5. The number of aromatic nitrogens is 3. The molecule has 4 aromatic rings. The van der Waals surface area contributed by atoms with E-state index in [4.69, 9.17) is 21.1 Å². The lowest BCUT2D eigenvalue weighted by Gasteiger charge is -2.09. The molecule has 0 aliphatic heterocycles. The first-order valence-corrected chi connectivity index (χ1v) is 9.87. The van der Waals surface area contributed by atoms with E-state index in [2.05, 4.69) is 16.7 Å². The summed E-state index contributed by atoms with van der Waals surface area (Å²) in [6.07, 6.45) is 3.44. The maximum absolute atomic E-state index is 12.8. The number of fused-ring (bicyclic) bond motifs is 1. The Morgan fingerprint density at radius 1 is 1.24 bits per heavy atom. The Balaban J connectivity index is 1.72. The van der Waals surface area contributed by atoms with Crippen molar-refractivity contribution in [3.63, 3.8) is 0 Å². The van der Waals surface area contributed by atoms with Crippen molar-refractivity contribution in [2.45, 2.75) is 0 Å². The van der Waals surface area contributed by atoms with Crippen LogP contribution in [0.2, 0.25) is 5.02 Å². The second-order valence-electron chi connectivity index (χ2n) is 6.07. The standard InChI is InChI=1S/C21H16ClN3O3S/c1-3-9-28-16-8-7-13(10-17(16)27-2)11-18-20(26)25-21(29-18)23-19(24-25)14-5-4-6-15(22)12-14/h3-8,10-12H,1,9H2,2H3. The summed E-state index contributed by atoms with van der Waals surface area (Å²) in [7, 11) is 1.57. The molecule has 146 valence electrons. The van der Waals surface area contributed by atoms with E-state index >= 15 is 0 Å². The predicted molar refractivity (Wildman–Crippen MR) is 115 cm³/mol. The summed E-state index contributed by atoms with van der Waals surface area (Å²) in [5.74, 6) is 1.66. The second-order valence-corrected chi connectivity index (χ2v) is 7.51. The third-order valence-electron chi connectivity index (χ3n) is 4.11. The number of hydrogen-bond acceptors (Lipinski definition) is 6. The van der Waals surface area contributed by atoms with Crippen LogP contribution in [0.3, 0.4) is 0 Å². The number of benzene rings is 2. The normalized spacial score (nSPS) is 11.7. The predicted octanol–water partition coefficient (Wildman–Crippen LogP) is 3.59. The van der Waals surface area contributed by atoms with Gasteiger partial charge >= 0.3 is 0 Å². The topological polar surface area (TPSA) is 65.7 Å². The molecule has 29 heavy (non-hydrogen) atoms. The van der Waals surface area contributed by atoms with Gasteiger partial charge in [0.1, 0.15) is 6.61 Å². The molecule has 6 nitrogen and oxygen atoms in total. The SMILES string of the molecule is C=CCOc1ccc(C=c2sc3nc(-c4cccc(Cl)c4)nn3c2=O)cc1OC. The fraction of sp³-hybridized carbons (Fsp3) is 0.0952. The summed E-state index contributed by atoms with van der Waals surface area (Å²) in [5.41, 5.74) is 1.35. The van der Waals surface area contributed by atoms with Crippen molar-refractivity contribution in [2.75, 3.05) is 13.7 Å². The van der Waals surface area contributed by atoms with Crippen LogP contribution in [0.5, 0.6) is 11.5 Å². The van der Waals surface area contributed by atoms with Gasteiger partial charge in [0.25, 0.3) is 5.56 Å². The average molecular weight is 426 g/mol. The van der Waals surface area contributed by atoms with Crippen molar-refractivity contribution >= 4 is 34.0 Å². The van der Waals surface area contributed by atoms with Gasteiger partial charge in [0, 0.05) is 10.6 Å². The first kappa shape index (κ1) is 19.2. The molecule has 2 heterocycles. The summed E-state index contributed by atoms with van der Waals surface area (Å²) >= 11 is 7.30. The highest BCUT2D eigenvalue weighted by molar-refractivity contribution is 7.15. The lowest BCUT2D eigenvalue weighted by Crippen LogP contribution is -2.23. The van der Waals surface area contributed by atoms with E-state index in [1.54, 1.807) is 37.5 Å². The van der Waals surface area contributed by atoms with Crippen LogP contribution in [0.15, 0.2) is 59.9 Å². The minimum atomic E-state index is -0.225. The van der Waals surface area contributed by atoms with Crippen molar-refractivity contribution in [1.29, 1.82) is 0 Å². The highest BCUT2D eigenvalue weighted by Gasteiger charge is 2.12. The lowest BCUT2D eigenvalue weighted by atomic mass is 10.2. The van der Waals surface area contributed by atoms with Gasteiger partial charge in [-0.15, -0.1) is 5.10 Å². The molecule has 0 saturated carbocycles. The van der Waals surface area contributed by atoms with Gasteiger partial charge in [-0.05, 0) is 35.9 Å². The van der Waals surface area contributed by atoms with E-state index in [-0.39, 0.29) is 5.56 Å². The summed E-state index contributed by atoms with van der Waals surface area (Å²) in [6, 6.07) is 12.7. The maximum atomic E-state index is 12.8. The van der Waals surface area contributed by atoms with Crippen molar-refractivity contribution in [1.82, 2.24) is 14.6 Å². The monoisotopic (exact) mass is 425 g/mol. The Labute approximate surface area is 175 Å². The van der Waals surface area contributed by atoms with Crippen LogP contribution in [0.25, 0.3) is 22.4 Å². The van der Waals surface area contributed by atoms with Gasteiger partial charge in [-0.25, -0.2) is 0 Å². The first-order chi connectivity index (χ1) is 14.1. The lowest BCUT2D eigenvalue weighted by molar-refractivity contribution is 0.326.